The summed E-state index contributed by atoms with van der Waals surface area (Å²) >= 11 is 0. The summed E-state index contributed by atoms with van der Waals surface area (Å²) in [5.74, 6) is -0.667. The zero-order chi connectivity index (χ0) is 31.4. The fourth-order valence-electron chi connectivity index (χ4n) is 5.60. The summed E-state index contributed by atoms with van der Waals surface area (Å²) in [6.07, 6.45) is 0.989. The number of hydrogen-bond donors (Lipinski definition) is 2. The van der Waals surface area contributed by atoms with E-state index in [0.717, 1.165) is 12.0 Å². The van der Waals surface area contributed by atoms with Gasteiger partial charge < -0.3 is 10.6 Å². The Morgan fingerprint density at radius 3 is 1.95 bits per heavy atom. The lowest BCUT2D eigenvalue weighted by Crippen LogP contribution is -2.42. The molecule has 0 aromatic heterocycles. The molecular weight excluding hydrogens is 574 g/mol. The van der Waals surface area contributed by atoms with Crippen molar-refractivity contribution in [2.75, 3.05) is 23.7 Å². The van der Waals surface area contributed by atoms with Gasteiger partial charge in [0.05, 0.1) is 21.8 Å². The van der Waals surface area contributed by atoms with Gasteiger partial charge in [0, 0.05) is 29.8 Å². The van der Waals surface area contributed by atoms with Crippen molar-refractivity contribution in [1.29, 1.82) is 0 Å². The zero-order valence-corrected chi connectivity index (χ0v) is 25.7. The number of carbonyl (C=O) groups excluding carboxylic acids is 3. The molecule has 226 valence electrons. The average Bonchev–Trinajstić information content (AvgIpc) is 3.01. The number of sulfonamides is 1. The molecule has 2 N–H and O–H groups in total. The van der Waals surface area contributed by atoms with Crippen LogP contribution >= 0.6 is 0 Å². The number of benzene rings is 4. The van der Waals surface area contributed by atoms with Crippen molar-refractivity contribution in [2.45, 2.75) is 32.1 Å². The third kappa shape index (κ3) is 6.79. The maximum atomic E-state index is 13.5. The van der Waals surface area contributed by atoms with E-state index < -0.39 is 21.8 Å². The minimum Gasteiger partial charge on any atom is -0.321 e. The molecule has 2 amide bonds. The van der Waals surface area contributed by atoms with E-state index in [1.54, 1.807) is 66.7 Å². The number of ketones is 1. The minimum absolute atomic E-state index is 0.133. The topological polar surface area (TPSA) is 113 Å². The number of amides is 2. The predicted molar refractivity (Wildman–Crippen MR) is 172 cm³/mol. The quantitative estimate of drug-likeness (QED) is 0.225. The van der Waals surface area contributed by atoms with Gasteiger partial charge in [0.15, 0.2) is 5.78 Å². The Labute approximate surface area is 258 Å². The van der Waals surface area contributed by atoms with Crippen LogP contribution in [0.1, 0.15) is 62.5 Å². The van der Waals surface area contributed by atoms with E-state index in [9.17, 15) is 22.8 Å². The van der Waals surface area contributed by atoms with Crippen molar-refractivity contribution in [3.05, 3.63) is 125 Å². The monoisotopic (exact) mass is 609 g/mol. The molecule has 1 aliphatic heterocycles. The lowest BCUT2D eigenvalue weighted by atomic mass is 9.94. The van der Waals surface area contributed by atoms with Gasteiger partial charge >= 0.3 is 0 Å². The molecule has 0 aliphatic carbocycles. The van der Waals surface area contributed by atoms with Gasteiger partial charge in [0.2, 0.25) is 10.0 Å². The molecule has 1 heterocycles. The largest absolute Gasteiger partial charge is 0.321 e. The standard InChI is InChI=1S/C35H35N3O5S/c1-23-13-18-32(30(20-23)33(39)26-9-5-4-6-10-26)37-35(41)29-11-7-8-12-31(29)36-34(40)27-14-16-28(17-15-27)44(42,43)38-21-24(2)19-25(3)22-38/h4-18,20,24-25H,19,21-22H2,1-3H3,(H,36,40)(H,37,41)/t24-,25-/m1/s1. The maximum absolute atomic E-state index is 13.5. The highest BCUT2D eigenvalue weighted by atomic mass is 32.2. The summed E-state index contributed by atoms with van der Waals surface area (Å²) in [6.45, 7) is 6.91. The Morgan fingerprint density at radius 2 is 1.27 bits per heavy atom. The van der Waals surface area contributed by atoms with Crippen LogP contribution in [0.25, 0.3) is 0 Å². The second-order valence-electron chi connectivity index (χ2n) is 11.5. The number of para-hydroxylation sites is 1. The molecule has 0 bridgehead atoms. The van der Waals surface area contributed by atoms with Crippen molar-refractivity contribution in [3.8, 4) is 0 Å². The smallest absolute Gasteiger partial charge is 0.257 e. The van der Waals surface area contributed by atoms with Crippen LogP contribution in [0.3, 0.4) is 0 Å². The molecule has 8 nitrogen and oxygen atoms in total. The summed E-state index contributed by atoms with van der Waals surface area (Å²) in [5.41, 5.74) is 2.79. The van der Waals surface area contributed by atoms with E-state index in [2.05, 4.69) is 10.6 Å². The maximum Gasteiger partial charge on any atom is 0.257 e. The molecule has 1 fully saturated rings. The molecule has 9 heteroatoms. The van der Waals surface area contributed by atoms with Crippen molar-refractivity contribution >= 4 is 39.0 Å². The molecule has 4 aromatic carbocycles. The van der Waals surface area contributed by atoms with Crippen molar-refractivity contribution in [1.82, 2.24) is 4.31 Å². The first-order valence-corrected chi connectivity index (χ1v) is 16.0. The van der Waals surface area contributed by atoms with Crippen molar-refractivity contribution in [2.24, 2.45) is 11.8 Å². The molecule has 1 saturated heterocycles. The van der Waals surface area contributed by atoms with E-state index in [1.807, 2.05) is 26.8 Å². The second-order valence-corrected chi connectivity index (χ2v) is 13.4. The highest BCUT2D eigenvalue weighted by molar-refractivity contribution is 7.89. The predicted octanol–water partition coefficient (Wildman–Crippen LogP) is 6.40. The van der Waals surface area contributed by atoms with Gasteiger partial charge in [-0.15, -0.1) is 0 Å². The van der Waals surface area contributed by atoms with E-state index in [0.29, 0.717) is 29.9 Å². The Balaban J connectivity index is 1.33. The molecule has 2 atom stereocenters. The fourth-order valence-corrected chi connectivity index (χ4v) is 7.28. The number of nitrogens with zero attached hydrogens (tertiary/aromatic N) is 1. The summed E-state index contributed by atoms with van der Waals surface area (Å²) in [5, 5.41) is 5.61. The van der Waals surface area contributed by atoms with E-state index in [-0.39, 0.29) is 39.3 Å². The van der Waals surface area contributed by atoms with E-state index in [1.165, 1.54) is 28.6 Å². The van der Waals surface area contributed by atoms with Crippen LogP contribution in [-0.2, 0) is 10.0 Å². The lowest BCUT2D eigenvalue weighted by Gasteiger charge is -2.34. The molecule has 0 spiro atoms. The third-order valence-electron chi connectivity index (χ3n) is 7.71. The first kappa shape index (κ1) is 30.8. The summed E-state index contributed by atoms with van der Waals surface area (Å²) < 4.78 is 28.0. The molecule has 0 saturated carbocycles. The average molecular weight is 610 g/mol. The lowest BCUT2D eigenvalue weighted by molar-refractivity contribution is 0.102. The van der Waals surface area contributed by atoms with E-state index in [4.69, 9.17) is 0 Å². The van der Waals surface area contributed by atoms with Gasteiger partial charge in [-0.2, -0.15) is 4.31 Å². The van der Waals surface area contributed by atoms with E-state index >= 15 is 0 Å². The van der Waals surface area contributed by atoms with Crippen LogP contribution in [0.15, 0.2) is 102 Å². The molecule has 0 radical (unpaired) electrons. The fraction of sp³-hybridized carbons (Fsp3) is 0.229. The van der Waals surface area contributed by atoms with Crippen molar-refractivity contribution < 1.29 is 22.8 Å². The molecule has 1 aliphatic rings. The van der Waals surface area contributed by atoms with Crippen LogP contribution in [0.2, 0.25) is 0 Å². The van der Waals surface area contributed by atoms with Gasteiger partial charge in [-0.25, -0.2) is 8.42 Å². The summed E-state index contributed by atoms with van der Waals surface area (Å²) in [7, 11) is -3.68. The minimum atomic E-state index is -3.68. The van der Waals surface area contributed by atoms with Crippen LogP contribution < -0.4 is 10.6 Å². The Hall–Kier alpha value is -4.60. The molecule has 5 rings (SSSR count). The number of rotatable bonds is 8. The van der Waals surface area contributed by atoms with Gasteiger partial charge in [-0.3, -0.25) is 14.4 Å². The Morgan fingerprint density at radius 1 is 0.682 bits per heavy atom. The Kier molecular flexibility index (Phi) is 9.08. The van der Waals surface area contributed by atoms with Gasteiger partial charge in [0.25, 0.3) is 11.8 Å². The first-order valence-electron chi connectivity index (χ1n) is 14.5. The van der Waals surface area contributed by atoms with Crippen molar-refractivity contribution in [3.63, 3.8) is 0 Å². The number of piperidine rings is 1. The van der Waals surface area contributed by atoms with Crippen LogP contribution in [-0.4, -0.2) is 43.4 Å². The third-order valence-corrected chi connectivity index (χ3v) is 9.56. The number of aryl methyl sites for hydroxylation is 1. The van der Waals surface area contributed by atoms with Gasteiger partial charge in [0.1, 0.15) is 0 Å². The zero-order valence-electron chi connectivity index (χ0n) is 24.9. The molecule has 4 aromatic rings. The summed E-state index contributed by atoms with van der Waals surface area (Å²) in [4.78, 5) is 40.0. The van der Waals surface area contributed by atoms with Gasteiger partial charge in [-0.1, -0.05) is 67.9 Å². The summed E-state index contributed by atoms with van der Waals surface area (Å²) in [6, 6.07) is 26.4. The normalized spacial score (nSPS) is 17.1. The van der Waals surface area contributed by atoms with Gasteiger partial charge in [-0.05, 0) is 73.7 Å². The number of anilines is 2. The highest BCUT2D eigenvalue weighted by Crippen LogP contribution is 2.28. The first-order chi connectivity index (χ1) is 21.0. The second kappa shape index (κ2) is 13.0. The Bertz CT molecular complexity index is 1790. The molecule has 44 heavy (non-hydrogen) atoms. The number of hydrogen-bond acceptors (Lipinski definition) is 5. The van der Waals surface area contributed by atoms with Crippen LogP contribution in [0, 0.1) is 18.8 Å². The molecule has 0 unspecified atom stereocenters. The van der Waals surface area contributed by atoms with Crippen LogP contribution in [0.5, 0.6) is 0 Å². The SMILES string of the molecule is Cc1ccc(NC(=O)c2ccccc2NC(=O)c2ccc(S(=O)(=O)N3C[C@H](C)C[C@@H](C)C3)cc2)c(C(=O)c2ccccc2)c1. The molecular formula is C35H35N3O5S. The number of carbonyl (C=O) groups is 3. The number of nitrogens with one attached hydrogen (secondary N) is 2. The highest BCUT2D eigenvalue weighted by Gasteiger charge is 2.31. The van der Waals surface area contributed by atoms with Crippen LogP contribution in [0.4, 0.5) is 11.4 Å².